The average molecular weight is 598 g/mol. The topological polar surface area (TPSA) is 77.4 Å². The molecule has 0 spiro atoms. The Kier molecular flexibility index (Phi) is 12.0. The molecule has 0 aliphatic heterocycles. The molecule has 0 aromatic heterocycles. The van der Waals surface area contributed by atoms with Gasteiger partial charge in [0.2, 0.25) is 0 Å². The Bertz CT molecular complexity index is 1240. The normalized spacial score (nSPS) is 11.1. The van der Waals surface area contributed by atoms with Gasteiger partial charge in [-0.25, -0.2) is 4.39 Å². The molecule has 0 saturated carbocycles. The number of nitrogens with zero attached hydrogens (tertiary/aromatic N) is 1. The fourth-order valence-electron chi connectivity index (χ4n) is 4.44. The summed E-state index contributed by atoms with van der Waals surface area (Å²) in [5, 5.41) is 13.7. The molecule has 0 saturated heterocycles. The maximum Gasteiger partial charge on any atom is 0.258 e. The molecule has 0 unspecified atom stereocenters. The first kappa shape index (κ1) is 30.3. The van der Waals surface area contributed by atoms with Crippen LogP contribution in [0.3, 0.4) is 0 Å². The van der Waals surface area contributed by atoms with Crippen molar-refractivity contribution in [1.29, 1.82) is 5.41 Å². The molecule has 0 aliphatic carbocycles. The zero-order valence-corrected chi connectivity index (χ0v) is 24.5. The second kappa shape index (κ2) is 15.4. The third kappa shape index (κ3) is 9.48. The zero-order chi connectivity index (χ0) is 28.2. The van der Waals surface area contributed by atoms with Crippen LogP contribution < -0.4 is 15.4 Å². The third-order valence-corrected chi connectivity index (χ3v) is 7.11. The van der Waals surface area contributed by atoms with E-state index in [-0.39, 0.29) is 11.5 Å². The Hall–Kier alpha value is -3.23. The molecule has 1 amide bonds. The van der Waals surface area contributed by atoms with E-state index in [1.165, 1.54) is 17.7 Å². The monoisotopic (exact) mass is 596 g/mol. The maximum absolute atomic E-state index is 14.8. The fraction of sp³-hybridized carbons (Fsp3) is 0.355. The van der Waals surface area contributed by atoms with E-state index in [9.17, 15) is 9.18 Å². The number of unbranched alkanes of at least 4 members (excludes halogenated alkanes) is 1. The molecule has 0 bridgehead atoms. The van der Waals surface area contributed by atoms with Gasteiger partial charge in [0.05, 0.1) is 7.11 Å². The number of guanidine groups is 1. The maximum atomic E-state index is 14.8. The van der Waals surface area contributed by atoms with Crippen molar-refractivity contribution in [2.75, 3.05) is 20.2 Å². The number of hydrogen-bond donors (Lipinski definition) is 3. The van der Waals surface area contributed by atoms with Crippen molar-refractivity contribution in [2.24, 2.45) is 0 Å². The summed E-state index contributed by atoms with van der Waals surface area (Å²) in [5.74, 6) is -0.324. The van der Waals surface area contributed by atoms with Crippen LogP contribution in [-0.4, -0.2) is 43.0 Å². The minimum Gasteiger partial charge on any atom is -0.496 e. The molecular formula is C31H38BrFN4O2. The molecule has 3 aromatic carbocycles. The molecule has 3 aromatic rings. The van der Waals surface area contributed by atoms with Gasteiger partial charge in [-0.3, -0.25) is 20.4 Å². The number of aryl methyl sites for hydroxylation is 1. The number of rotatable bonds is 13. The summed E-state index contributed by atoms with van der Waals surface area (Å²) in [6.07, 6.45) is 2.64. The number of methoxy groups -OCH3 is 1. The van der Waals surface area contributed by atoms with Gasteiger partial charge < -0.3 is 10.1 Å². The van der Waals surface area contributed by atoms with Gasteiger partial charge in [0, 0.05) is 34.7 Å². The molecule has 0 radical (unpaired) electrons. The van der Waals surface area contributed by atoms with Crippen LogP contribution >= 0.6 is 15.9 Å². The fourth-order valence-corrected chi connectivity index (χ4v) is 4.85. The molecule has 0 heterocycles. The van der Waals surface area contributed by atoms with Crippen LogP contribution in [0.15, 0.2) is 71.2 Å². The first-order chi connectivity index (χ1) is 18.8. The van der Waals surface area contributed by atoms with Crippen molar-refractivity contribution < 1.29 is 13.9 Å². The Morgan fingerprint density at radius 3 is 2.54 bits per heavy atom. The van der Waals surface area contributed by atoms with Gasteiger partial charge in [-0.2, -0.15) is 0 Å². The first-order valence-corrected chi connectivity index (χ1v) is 14.1. The van der Waals surface area contributed by atoms with Crippen LogP contribution in [0.5, 0.6) is 5.75 Å². The SMILES string of the molecule is COc1ccc(Br)cc1CCc1c(F)cccc1C(=O)NC(=N)NCCCCN(Cc1ccccc1)C(C)C. The van der Waals surface area contributed by atoms with E-state index < -0.39 is 11.7 Å². The summed E-state index contributed by atoms with van der Waals surface area (Å²) in [6, 6.07) is 21.0. The zero-order valence-electron chi connectivity index (χ0n) is 22.9. The summed E-state index contributed by atoms with van der Waals surface area (Å²) in [7, 11) is 1.60. The lowest BCUT2D eigenvalue weighted by molar-refractivity contribution is 0.0974. The van der Waals surface area contributed by atoms with E-state index in [2.05, 4.69) is 69.6 Å². The Morgan fingerprint density at radius 1 is 1.05 bits per heavy atom. The van der Waals surface area contributed by atoms with Crippen LogP contribution in [-0.2, 0) is 19.4 Å². The molecule has 3 N–H and O–H groups in total. The summed E-state index contributed by atoms with van der Waals surface area (Å²) >= 11 is 3.46. The summed E-state index contributed by atoms with van der Waals surface area (Å²) in [6.45, 7) is 6.81. The van der Waals surface area contributed by atoms with Crippen LogP contribution in [0.4, 0.5) is 4.39 Å². The molecular weight excluding hydrogens is 559 g/mol. The van der Waals surface area contributed by atoms with Crippen molar-refractivity contribution >= 4 is 27.8 Å². The Labute approximate surface area is 239 Å². The van der Waals surface area contributed by atoms with Crippen molar-refractivity contribution in [3.63, 3.8) is 0 Å². The van der Waals surface area contributed by atoms with Gasteiger partial charge in [-0.05, 0) is 87.5 Å². The Morgan fingerprint density at radius 2 is 1.82 bits per heavy atom. The highest BCUT2D eigenvalue weighted by atomic mass is 79.9. The minimum atomic E-state index is -0.503. The smallest absolute Gasteiger partial charge is 0.258 e. The van der Waals surface area contributed by atoms with Crippen molar-refractivity contribution in [3.8, 4) is 5.75 Å². The van der Waals surface area contributed by atoms with Crippen LogP contribution in [0.1, 0.15) is 53.7 Å². The van der Waals surface area contributed by atoms with E-state index in [0.717, 1.165) is 36.0 Å². The number of carbonyl (C=O) groups is 1. The van der Waals surface area contributed by atoms with Crippen LogP contribution in [0.2, 0.25) is 0 Å². The second-order valence-corrected chi connectivity index (χ2v) is 10.7. The predicted molar refractivity (Wildman–Crippen MR) is 159 cm³/mol. The van der Waals surface area contributed by atoms with Crippen molar-refractivity contribution in [2.45, 2.75) is 52.1 Å². The molecule has 208 valence electrons. The summed E-state index contributed by atoms with van der Waals surface area (Å²) < 4.78 is 21.1. The molecule has 39 heavy (non-hydrogen) atoms. The predicted octanol–water partition coefficient (Wildman–Crippen LogP) is 6.33. The number of ether oxygens (including phenoxy) is 1. The van der Waals surface area contributed by atoms with E-state index >= 15 is 0 Å². The summed E-state index contributed by atoms with van der Waals surface area (Å²) in [4.78, 5) is 15.4. The highest BCUT2D eigenvalue weighted by Gasteiger charge is 2.17. The van der Waals surface area contributed by atoms with Gasteiger partial charge in [0.15, 0.2) is 5.96 Å². The van der Waals surface area contributed by atoms with Crippen molar-refractivity contribution in [3.05, 3.63) is 99.3 Å². The highest BCUT2D eigenvalue weighted by molar-refractivity contribution is 9.10. The van der Waals surface area contributed by atoms with Crippen molar-refractivity contribution in [1.82, 2.24) is 15.5 Å². The van der Waals surface area contributed by atoms with Gasteiger partial charge in [0.25, 0.3) is 5.91 Å². The molecule has 6 nitrogen and oxygen atoms in total. The van der Waals surface area contributed by atoms with Crippen LogP contribution in [0.25, 0.3) is 0 Å². The highest BCUT2D eigenvalue weighted by Crippen LogP contribution is 2.25. The molecule has 0 aliphatic rings. The van der Waals surface area contributed by atoms with E-state index in [0.29, 0.717) is 36.7 Å². The van der Waals surface area contributed by atoms with Gasteiger partial charge in [-0.1, -0.05) is 52.3 Å². The number of hydrogen-bond acceptors (Lipinski definition) is 4. The first-order valence-electron chi connectivity index (χ1n) is 13.3. The van der Waals surface area contributed by atoms with Gasteiger partial charge in [0.1, 0.15) is 11.6 Å². The standard InChI is InChI=1S/C31H38BrFN4O2/c1-22(2)37(21-23-10-5-4-6-11-23)19-8-7-18-35-31(34)36-30(38)27-12-9-13-28(33)26(27)16-14-24-20-25(32)15-17-29(24)39-3/h4-6,9-13,15,17,20,22H,7-8,14,16,18-19,21H2,1-3H3,(H3,34,35,36,38). The van der Waals surface area contributed by atoms with Gasteiger partial charge in [-0.15, -0.1) is 0 Å². The van der Waals surface area contributed by atoms with Crippen LogP contribution in [0, 0.1) is 11.2 Å². The number of benzene rings is 3. The lowest BCUT2D eigenvalue weighted by atomic mass is 9.98. The number of halogens is 2. The number of amides is 1. The molecule has 3 rings (SSSR count). The van der Waals surface area contributed by atoms with Gasteiger partial charge >= 0.3 is 0 Å². The third-order valence-electron chi connectivity index (χ3n) is 6.62. The van der Waals surface area contributed by atoms with E-state index in [1.807, 2.05) is 24.3 Å². The second-order valence-electron chi connectivity index (χ2n) is 9.73. The molecule has 0 atom stereocenters. The molecule has 0 fully saturated rings. The van der Waals surface area contributed by atoms with E-state index in [4.69, 9.17) is 10.1 Å². The Balaban J connectivity index is 1.49. The average Bonchev–Trinajstić information content (AvgIpc) is 2.92. The van der Waals surface area contributed by atoms with E-state index in [1.54, 1.807) is 13.2 Å². The summed E-state index contributed by atoms with van der Waals surface area (Å²) in [5.41, 5.74) is 2.75. The largest absolute Gasteiger partial charge is 0.496 e. The number of carbonyl (C=O) groups excluding carboxylic acids is 1. The number of nitrogens with one attached hydrogen (secondary N) is 3. The molecule has 8 heteroatoms. The quantitative estimate of drug-likeness (QED) is 0.122. The lowest BCUT2D eigenvalue weighted by Crippen LogP contribution is -2.41. The minimum absolute atomic E-state index is 0.0890. The lowest BCUT2D eigenvalue weighted by Gasteiger charge is -2.26.